The maximum absolute atomic E-state index is 12.0. The Labute approximate surface area is 99.5 Å². The number of nitrogens with one attached hydrogen (secondary N) is 1. The number of alkyl carbamates (subject to hydrolysis) is 1. The number of methoxy groups -OCH3 is 1. The number of rotatable bonds is 3. The Morgan fingerprint density at radius 3 is 2.62 bits per heavy atom. The molecule has 1 saturated heterocycles. The van der Waals surface area contributed by atoms with E-state index in [4.69, 9.17) is 0 Å². The summed E-state index contributed by atoms with van der Waals surface area (Å²) in [6.45, 7) is 0. The van der Waals surface area contributed by atoms with Crippen LogP contribution < -0.4 is 5.32 Å². The van der Waals surface area contributed by atoms with Crippen molar-refractivity contribution in [1.82, 2.24) is 5.32 Å². The summed E-state index contributed by atoms with van der Waals surface area (Å²) in [6, 6.07) is -0.0186. The summed E-state index contributed by atoms with van der Waals surface area (Å²) in [5.74, 6) is 1.29. The Morgan fingerprint density at radius 2 is 2.00 bits per heavy atom. The molecular weight excluding hydrogens is 226 g/mol. The van der Waals surface area contributed by atoms with E-state index in [2.05, 4.69) is 10.1 Å². The van der Waals surface area contributed by atoms with E-state index < -0.39 is 6.09 Å². The predicted molar refractivity (Wildman–Crippen MR) is 62.5 cm³/mol. The quantitative estimate of drug-likeness (QED) is 0.765. The highest BCUT2D eigenvalue weighted by molar-refractivity contribution is 8.07. The fraction of sp³-hybridized carbons (Fsp3) is 0.818. The minimum Gasteiger partial charge on any atom is -0.453 e. The minimum absolute atomic E-state index is 0.00727. The number of carbonyl (C=O) groups excluding carboxylic acids is 2. The minimum atomic E-state index is -0.423. The number of ether oxygens (including phenoxy) is 1. The third kappa shape index (κ3) is 2.70. The third-order valence-corrected chi connectivity index (χ3v) is 4.17. The molecule has 1 amide bonds. The smallest absolute Gasteiger partial charge is 0.407 e. The molecule has 0 aromatic rings. The molecular formula is C11H17NO3S. The number of hydrogen-bond acceptors (Lipinski definition) is 4. The first-order chi connectivity index (χ1) is 7.72. The zero-order valence-corrected chi connectivity index (χ0v) is 10.2. The Balaban J connectivity index is 1.95. The van der Waals surface area contributed by atoms with Crippen molar-refractivity contribution in [2.45, 2.75) is 37.0 Å². The molecule has 1 saturated carbocycles. The van der Waals surface area contributed by atoms with Gasteiger partial charge in [-0.1, -0.05) is 12.8 Å². The van der Waals surface area contributed by atoms with Gasteiger partial charge in [0.05, 0.1) is 12.4 Å². The molecule has 2 aliphatic rings. The van der Waals surface area contributed by atoms with Crippen LogP contribution >= 0.6 is 11.8 Å². The number of amides is 1. The molecule has 1 heterocycles. The second-order valence-corrected chi connectivity index (χ2v) is 5.59. The van der Waals surface area contributed by atoms with Gasteiger partial charge in [0.1, 0.15) is 0 Å². The Bertz CT molecular complexity index is 291. The van der Waals surface area contributed by atoms with Crippen molar-refractivity contribution in [3.05, 3.63) is 0 Å². The van der Waals surface area contributed by atoms with Gasteiger partial charge in [-0.3, -0.25) is 4.79 Å². The lowest BCUT2D eigenvalue weighted by atomic mass is 9.81. The lowest BCUT2D eigenvalue weighted by Crippen LogP contribution is -2.46. The van der Waals surface area contributed by atoms with E-state index in [9.17, 15) is 9.59 Å². The van der Waals surface area contributed by atoms with Gasteiger partial charge in [-0.05, 0) is 12.8 Å². The summed E-state index contributed by atoms with van der Waals surface area (Å²) < 4.78 is 4.59. The SMILES string of the molecule is COC(=O)N[C@@H]1CCCC[C@H]1C(=O)C1CS1. The second-order valence-electron chi connectivity index (χ2n) is 4.36. The summed E-state index contributed by atoms with van der Waals surface area (Å²) >= 11 is 1.70. The van der Waals surface area contributed by atoms with Crippen LogP contribution in [0.1, 0.15) is 25.7 Å². The van der Waals surface area contributed by atoms with E-state index in [0.717, 1.165) is 31.4 Å². The lowest BCUT2D eigenvalue weighted by molar-refractivity contribution is -0.123. The van der Waals surface area contributed by atoms with Gasteiger partial charge in [0.15, 0.2) is 5.78 Å². The van der Waals surface area contributed by atoms with Crippen LogP contribution in [-0.4, -0.2) is 36.0 Å². The average Bonchev–Trinajstić information content (AvgIpc) is 3.12. The molecule has 1 aliphatic carbocycles. The van der Waals surface area contributed by atoms with Gasteiger partial charge in [0, 0.05) is 17.7 Å². The Hall–Kier alpha value is -0.710. The molecule has 1 unspecified atom stereocenters. The maximum Gasteiger partial charge on any atom is 0.407 e. The van der Waals surface area contributed by atoms with Crippen molar-refractivity contribution in [2.24, 2.45) is 5.92 Å². The van der Waals surface area contributed by atoms with Crippen LogP contribution in [0.25, 0.3) is 0 Å². The van der Waals surface area contributed by atoms with E-state index in [-0.39, 0.29) is 17.2 Å². The highest BCUT2D eigenvalue weighted by Crippen LogP contribution is 2.37. The molecule has 5 heteroatoms. The molecule has 1 N–H and O–H groups in total. The van der Waals surface area contributed by atoms with Crippen molar-refractivity contribution in [3.8, 4) is 0 Å². The van der Waals surface area contributed by atoms with E-state index in [1.165, 1.54) is 7.11 Å². The number of Topliss-reactive ketones (excluding diaryl/α,β-unsaturated/α-hetero) is 1. The fourth-order valence-corrected chi connectivity index (χ4v) is 2.91. The van der Waals surface area contributed by atoms with Crippen LogP contribution in [0.5, 0.6) is 0 Å². The summed E-state index contributed by atoms with van der Waals surface area (Å²) in [5.41, 5.74) is 0. The van der Waals surface area contributed by atoms with Crippen LogP contribution in [0.3, 0.4) is 0 Å². The van der Waals surface area contributed by atoms with Gasteiger partial charge < -0.3 is 10.1 Å². The van der Waals surface area contributed by atoms with Crippen molar-refractivity contribution in [3.63, 3.8) is 0 Å². The van der Waals surface area contributed by atoms with Crippen LogP contribution in [-0.2, 0) is 9.53 Å². The van der Waals surface area contributed by atoms with Gasteiger partial charge in [-0.15, -0.1) is 11.8 Å². The van der Waals surface area contributed by atoms with Crippen molar-refractivity contribution >= 4 is 23.6 Å². The number of thioether (sulfide) groups is 1. The molecule has 4 nitrogen and oxygen atoms in total. The first-order valence-electron chi connectivity index (χ1n) is 5.72. The summed E-state index contributed by atoms with van der Waals surface area (Å²) in [6.07, 6.45) is 3.55. The van der Waals surface area contributed by atoms with Crippen molar-refractivity contribution < 1.29 is 14.3 Å². The molecule has 16 heavy (non-hydrogen) atoms. The van der Waals surface area contributed by atoms with Gasteiger partial charge in [-0.25, -0.2) is 4.79 Å². The van der Waals surface area contributed by atoms with Gasteiger partial charge in [-0.2, -0.15) is 0 Å². The van der Waals surface area contributed by atoms with Crippen LogP contribution in [0, 0.1) is 5.92 Å². The van der Waals surface area contributed by atoms with E-state index in [1.807, 2.05) is 0 Å². The second kappa shape index (κ2) is 5.08. The van der Waals surface area contributed by atoms with Crippen LogP contribution in [0.2, 0.25) is 0 Å². The maximum atomic E-state index is 12.0. The van der Waals surface area contributed by atoms with Crippen LogP contribution in [0.4, 0.5) is 4.79 Å². The fourth-order valence-electron chi connectivity index (χ4n) is 2.31. The molecule has 0 bridgehead atoms. The summed E-state index contributed by atoms with van der Waals surface area (Å²) in [4.78, 5) is 23.2. The van der Waals surface area contributed by atoms with E-state index in [1.54, 1.807) is 11.8 Å². The van der Waals surface area contributed by atoms with Gasteiger partial charge >= 0.3 is 6.09 Å². The molecule has 90 valence electrons. The van der Waals surface area contributed by atoms with Gasteiger partial charge in [0.2, 0.25) is 0 Å². The molecule has 1 aliphatic heterocycles. The topological polar surface area (TPSA) is 55.4 Å². The molecule has 2 rings (SSSR count). The number of carbonyl (C=O) groups is 2. The molecule has 3 atom stereocenters. The van der Waals surface area contributed by atoms with Gasteiger partial charge in [0.25, 0.3) is 0 Å². The first-order valence-corrected chi connectivity index (χ1v) is 6.77. The lowest BCUT2D eigenvalue weighted by Gasteiger charge is -2.30. The molecule has 2 fully saturated rings. The predicted octanol–water partition coefficient (Wildman–Crippen LogP) is 1.59. The zero-order chi connectivity index (χ0) is 11.5. The van der Waals surface area contributed by atoms with Crippen LogP contribution in [0.15, 0.2) is 0 Å². The van der Waals surface area contributed by atoms with E-state index >= 15 is 0 Å². The summed E-state index contributed by atoms with van der Waals surface area (Å²) in [7, 11) is 1.35. The van der Waals surface area contributed by atoms with Crippen molar-refractivity contribution in [1.29, 1.82) is 0 Å². The molecule has 0 aromatic heterocycles. The number of ketones is 1. The average molecular weight is 243 g/mol. The Kier molecular flexibility index (Phi) is 3.74. The highest BCUT2D eigenvalue weighted by atomic mass is 32.2. The zero-order valence-electron chi connectivity index (χ0n) is 9.40. The highest BCUT2D eigenvalue weighted by Gasteiger charge is 2.40. The van der Waals surface area contributed by atoms with Crippen molar-refractivity contribution in [2.75, 3.05) is 12.9 Å². The Morgan fingerprint density at radius 1 is 1.31 bits per heavy atom. The van der Waals surface area contributed by atoms with E-state index in [0.29, 0.717) is 5.78 Å². The third-order valence-electron chi connectivity index (χ3n) is 3.27. The first kappa shape index (κ1) is 11.8. The molecule has 0 radical (unpaired) electrons. The normalized spacial score (nSPS) is 32.9. The standard InChI is InChI=1S/C11H17NO3S/c1-15-11(14)12-8-5-3-2-4-7(8)10(13)9-6-16-9/h7-9H,2-6H2,1H3,(H,12,14)/t7-,8-,9?/m1/s1. The largest absolute Gasteiger partial charge is 0.453 e. The summed E-state index contributed by atoms with van der Waals surface area (Å²) in [5, 5.41) is 2.99. The number of hydrogen-bond donors (Lipinski definition) is 1. The monoisotopic (exact) mass is 243 g/mol. The molecule has 0 aromatic carbocycles. The molecule has 0 spiro atoms.